The van der Waals surface area contributed by atoms with Crippen LogP contribution in [0.3, 0.4) is 0 Å². The summed E-state index contributed by atoms with van der Waals surface area (Å²) in [6, 6.07) is 0. The van der Waals surface area contributed by atoms with E-state index in [1.165, 1.54) is 89.9 Å². The predicted octanol–water partition coefficient (Wildman–Crippen LogP) is 7.45. The monoisotopic (exact) mass is 340 g/mol. The Kier molecular flexibility index (Phi) is 18.4. The Bertz CT molecular complexity index is 261. The maximum absolute atomic E-state index is 11.2. The molecule has 0 unspecified atom stereocenters. The summed E-state index contributed by atoms with van der Waals surface area (Å²) in [6.07, 6.45) is 21.0. The topological polar surface area (TPSA) is 26.3 Å². The molecule has 0 aromatic rings. The van der Waals surface area contributed by atoms with E-state index in [1.54, 1.807) is 0 Å². The molecule has 0 spiro atoms. The second-order valence-electron chi connectivity index (χ2n) is 7.69. The van der Waals surface area contributed by atoms with Crippen LogP contribution in [-0.2, 0) is 9.53 Å². The Morgan fingerprint density at radius 2 is 1.04 bits per heavy atom. The third kappa shape index (κ3) is 19.5. The van der Waals surface area contributed by atoms with Crippen molar-refractivity contribution in [1.29, 1.82) is 0 Å². The molecule has 0 radical (unpaired) electrons. The third-order valence-corrected chi connectivity index (χ3v) is 4.72. The van der Waals surface area contributed by atoms with Gasteiger partial charge in [0, 0.05) is 6.42 Å². The van der Waals surface area contributed by atoms with E-state index in [2.05, 4.69) is 13.8 Å². The van der Waals surface area contributed by atoms with Gasteiger partial charge in [0.2, 0.25) is 0 Å². The van der Waals surface area contributed by atoms with Crippen molar-refractivity contribution in [3.63, 3.8) is 0 Å². The lowest BCUT2D eigenvalue weighted by atomic mass is 10.0. The lowest BCUT2D eigenvalue weighted by Crippen LogP contribution is -2.03. The number of hydrogen-bond donors (Lipinski definition) is 0. The summed E-state index contributed by atoms with van der Waals surface area (Å²) in [5.74, 6) is 0.847. The van der Waals surface area contributed by atoms with Gasteiger partial charge in [-0.1, -0.05) is 104 Å². The number of carbonyl (C=O) groups excluding carboxylic acids is 1. The van der Waals surface area contributed by atoms with Crippen molar-refractivity contribution in [3.8, 4) is 0 Å². The van der Waals surface area contributed by atoms with E-state index in [-0.39, 0.29) is 5.97 Å². The standard InChI is InChI=1S/C22H44O2/c1-4-24-22(23)20-18-16-14-12-10-8-6-5-7-9-11-13-15-17-19-21(2)3/h21H,4-20H2,1-3H3. The van der Waals surface area contributed by atoms with Gasteiger partial charge in [0.05, 0.1) is 6.61 Å². The van der Waals surface area contributed by atoms with Crippen LogP contribution in [0, 0.1) is 5.92 Å². The Morgan fingerprint density at radius 3 is 1.42 bits per heavy atom. The lowest BCUT2D eigenvalue weighted by Gasteiger charge is -2.05. The fraction of sp³-hybridized carbons (Fsp3) is 0.955. The molecule has 0 aliphatic heterocycles. The molecule has 2 nitrogen and oxygen atoms in total. The quantitative estimate of drug-likeness (QED) is 0.191. The Labute approximate surface area is 152 Å². The van der Waals surface area contributed by atoms with Crippen LogP contribution >= 0.6 is 0 Å². The summed E-state index contributed by atoms with van der Waals surface area (Å²) in [5.41, 5.74) is 0. The molecule has 0 rings (SSSR count). The summed E-state index contributed by atoms with van der Waals surface area (Å²) in [5, 5.41) is 0. The minimum Gasteiger partial charge on any atom is -0.466 e. The van der Waals surface area contributed by atoms with Crippen LogP contribution in [-0.4, -0.2) is 12.6 Å². The first-order chi connectivity index (χ1) is 11.7. The number of carbonyl (C=O) groups is 1. The van der Waals surface area contributed by atoms with Gasteiger partial charge in [-0.3, -0.25) is 4.79 Å². The number of hydrogen-bond acceptors (Lipinski definition) is 2. The number of esters is 1. The molecule has 144 valence electrons. The van der Waals surface area contributed by atoms with Crippen LogP contribution in [0.5, 0.6) is 0 Å². The fourth-order valence-electron chi connectivity index (χ4n) is 3.18. The molecule has 0 fully saturated rings. The lowest BCUT2D eigenvalue weighted by molar-refractivity contribution is -0.143. The molecule has 0 saturated carbocycles. The average Bonchev–Trinajstić information content (AvgIpc) is 2.54. The average molecular weight is 341 g/mol. The van der Waals surface area contributed by atoms with Crippen LogP contribution in [0.4, 0.5) is 0 Å². The molecule has 0 bridgehead atoms. The van der Waals surface area contributed by atoms with Gasteiger partial charge in [-0.25, -0.2) is 0 Å². The molecule has 0 aromatic heterocycles. The zero-order valence-electron chi connectivity index (χ0n) is 16.9. The smallest absolute Gasteiger partial charge is 0.305 e. The van der Waals surface area contributed by atoms with Gasteiger partial charge < -0.3 is 4.74 Å². The second kappa shape index (κ2) is 18.8. The number of unbranched alkanes of at least 4 members (excludes halogenated alkanes) is 13. The van der Waals surface area contributed by atoms with Crippen LogP contribution < -0.4 is 0 Å². The summed E-state index contributed by atoms with van der Waals surface area (Å²) < 4.78 is 4.93. The van der Waals surface area contributed by atoms with E-state index in [0.717, 1.165) is 12.3 Å². The first-order valence-corrected chi connectivity index (χ1v) is 10.8. The van der Waals surface area contributed by atoms with Gasteiger partial charge in [0.25, 0.3) is 0 Å². The largest absolute Gasteiger partial charge is 0.466 e. The first-order valence-electron chi connectivity index (χ1n) is 10.8. The van der Waals surface area contributed by atoms with Crippen molar-refractivity contribution in [2.75, 3.05) is 6.61 Å². The van der Waals surface area contributed by atoms with Gasteiger partial charge in [-0.05, 0) is 19.3 Å². The Morgan fingerprint density at radius 1 is 0.667 bits per heavy atom. The highest BCUT2D eigenvalue weighted by Crippen LogP contribution is 2.14. The van der Waals surface area contributed by atoms with Crippen LogP contribution in [0.2, 0.25) is 0 Å². The highest BCUT2D eigenvalue weighted by Gasteiger charge is 2.00. The van der Waals surface area contributed by atoms with Gasteiger partial charge >= 0.3 is 5.97 Å². The summed E-state index contributed by atoms with van der Waals surface area (Å²) in [4.78, 5) is 11.2. The summed E-state index contributed by atoms with van der Waals surface area (Å²) in [7, 11) is 0. The minimum absolute atomic E-state index is 0.0302. The normalized spacial score (nSPS) is 11.2. The fourth-order valence-corrected chi connectivity index (χ4v) is 3.18. The highest BCUT2D eigenvalue weighted by atomic mass is 16.5. The number of rotatable bonds is 18. The molecule has 0 saturated heterocycles. The van der Waals surface area contributed by atoms with Crippen molar-refractivity contribution in [2.45, 2.75) is 124 Å². The zero-order chi connectivity index (χ0) is 17.9. The Balaban J connectivity index is 3.04. The van der Waals surface area contributed by atoms with E-state index in [1.807, 2.05) is 6.92 Å². The molecule has 0 aromatic carbocycles. The van der Waals surface area contributed by atoms with E-state index < -0.39 is 0 Å². The maximum atomic E-state index is 11.2. The molecular weight excluding hydrogens is 296 g/mol. The third-order valence-electron chi connectivity index (χ3n) is 4.72. The van der Waals surface area contributed by atoms with Gasteiger partial charge in [0.1, 0.15) is 0 Å². The molecule has 24 heavy (non-hydrogen) atoms. The van der Waals surface area contributed by atoms with Crippen molar-refractivity contribution in [1.82, 2.24) is 0 Å². The molecule has 0 atom stereocenters. The van der Waals surface area contributed by atoms with Crippen LogP contribution in [0.1, 0.15) is 124 Å². The predicted molar refractivity (Wildman–Crippen MR) is 105 cm³/mol. The molecule has 0 N–H and O–H groups in total. The minimum atomic E-state index is -0.0302. The van der Waals surface area contributed by atoms with Gasteiger partial charge in [0.15, 0.2) is 0 Å². The van der Waals surface area contributed by atoms with Gasteiger partial charge in [-0.2, -0.15) is 0 Å². The van der Waals surface area contributed by atoms with Crippen molar-refractivity contribution in [2.24, 2.45) is 5.92 Å². The second-order valence-corrected chi connectivity index (χ2v) is 7.69. The molecule has 0 amide bonds. The van der Waals surface area contributed by atoms with E-state index in [4.69, 9.17) is 4.74 Å². The van der Waals surface area contributed by atoms with Gasteiger partial charge in [-0.15, -0.1) is 0 Å². The zero-order valence-corrected chi connectivity index (χ0v) is 16.9. The molecular formula is C22H44O2. The summed E-state index contributed by atoms with van der Waals surface area (Å²) >= 11 is 0. The van der Waals surface area contributed by atoms with Crippen molar-refractivity contribution < 1.29 is 9.53 Å². The van der Waals surface area contributed by atoms with E-state index in [9.17, 15) is 4.79 Å². The SMILES string of the molecule is CCOC(=O)CCCCCCCCCCCCCCCCC(C)C. The van der Waals surface area contributed by atoms with Crippen molar-refractivity contribution in [3.05, 3.63) is 0 Å². The molecule has 0 aliphatic rings. The van der Waals surface area contributed by atoms with Crippen LogP contribution in [0.15, 0.2) is 0 Å². The summed E-state index contributed by atoms with van der Waals surface area (Å²) in [6.45, 7) is 7.02. The molecule has 0 aliphatic carbocycles. The Hall–Kier alpha value is -0.530. The van der Waals surface area contributed by atoms with E-state index in [0.29, 0.717) is 13.0 Å². The molecule has 2 heteroatoms. The van der Waals surface area contributed by atoms with E-state index >= 15 is 0 Å². The van der Waals surface area contributed by atoms with Crippen LogP contribution in [0.25, 0.3) is 0 Å². The highest BCUT2D eigenvalue weighted by molar-refractivity contribution is 5.69. The number of ether oxygens (including phenoxy) is 1. The maximum Gasteiger partial charge on any atom is 0.305 e. The first kappa shape index (κ1) is 23.5. The molecule has 0 heterocycles. The van der Waals surface area contributed by atoms with Crippen molar-refractivity contribution >= 4 is 5.97 Å².